The second kappa shape index (κ2) is 5.91. The van der Waals surface area contributed by atoms with Crippen LogP contribution in [-0.4, -0.2) is 24.2 Å². The van der Waals surface area contributed by atoms with Gasteiger partial charge in [0.05, 0.1) is 0 Å². The van der Waals surface area contributed by atoms with Gasteiger partial charge in [-0.3, -0.25) is 0 Å². The smallest absolute Gasteiger partial charge is 0.328 e. The number of aliphatic carboxylic acids is 1. The number of carboxylic acid groups (broad SMARTS) is 1. The monoisotopic (exact) mass is 259 g/mol. The number of carbonyl (C=O) groups is 1. The molecule has 1 aromatic carbocycles. The van der Waals surface area contributed by atoms with Gasteiger partial charge in [0.25, 0.3) is 0 Å². The van der Waals surface area contributed by atoms with Crippen molar-refractivity contribution in [1.29, 1.82) is 0 Å². The lowest BCUT2D eigenvalue weighted by molar-refractivity contribution is -0.131. The lowest BCUT2D eigenvalue weighted by Crippen LogP contribution is -2.33. The minimum absolute atomic E-state index is 0.828. The summed E-state index contributed by atoms with van der Waals surface area (Å²) in [5, 5.41) is 8.63. The van der Waals surface area contributed by atoms with Gasteiger partial charge in [0, 0.05) is 24.9 Å². The number of anilines is 1. The van der Waals surface area contributed by atoms with Crippen LogP contribution in [0.5, 0.6) is 0 Å². The van der Waals surface area contributed by atoms with Crippen LogP contribution in [0.3, 0.4) is 0 Å². The van der Waals surface area contributed by atoms with E-state index in [1.165, 1.54) is 30.2 Å². The maximum Gasteiger partial charge on any atom is 0.328 e. The second-order valence-corrected chi connectivity index (χ2v) is 5.39. The fourth-order valence-corrected chi connectivity index (χ4v) is 2.55. The summed E-state index contributed by atoms with van der Waals surface area (Å²) in [6, 6.07) is 6.14. The topological polar surface area (TPSA) is 40.5 Å². The maximum atomic E-state index is 10.5. The van der Waals surface area contributed by atoms with Gasteiger partial charge in [-0.15, -0.1) is 0 Å². The molecule has 3 nitrogen and oxygen atoms in total. The number of piperidine rings is 1. The first-order chi connectivity index (χ1) is 9.06. The highest BCUT2D eigenvalue weighted by Crippen LogP contribution is 2.26. The highest BCUT2D eigenvalue weighted by atomic mass is 16.4. The molecular formula is C16H21NO2. The number of benzene rings is 1. The second-order valence-electron chi connectivity index (χ2n) is 5.39. The molecule has 0 saturated carbocycles. The fraction of sp³-hybridized carbons (Fsp3) is 0.438. The van der Waals surface area contributed by atoms with Crippen LogP contribution in [0.2, 0.25) is 0 Å². The number of nitrogens with zero attached hydrogens (tertiary/aromatic N) is 1. The largest absolute Gasteiger partial charge is 0.478 e. The summed E-state index contributed by atoms with van der Waals surface area (Å²) in [5.41, 5.74) is 3.43. The molecule has 102 valence electrons. The van der Waals surface area contributed by atoms with Crippen molar-refractivity contribution in [3.63, 3.8) is 0 Å². The zero-order valence-electron chi connectivity index (χ0n) is 11.6. The van der Waals surface area contributed by atoms with E-state index in [0.717, 1.165) is 24.6 Å². The summed E-state index contributed by atoms with van der Waals surface area (Å²) in [6.45, 7) is 6.63. The molecule has 2 rings (SSSR count). The van der Waals surface area contributed by atoms with Crippen molar-refractivity contribution in [1.82, 2.24) is 0 Å². The van der Waals surface area contributed by atoms with Crippen molar-refractivity contribution < 1.29 is 9.90 Å². The van der Waals surface area contributed by atoms with E-state index in [2.05, 4.69) is 24.8 Å². The molecule has 1 aromatic rings. The van der Waals surface area contributed by atoms with Gasteiger partial charge in [0.1, 0.15) is 0 Å². The van der Waals surface area contributed by atoms with E-state index in [0.29, 0.717) is 0 Å². The molecule has 0 atom stereocenters. The van der Waals surface area contributed by atoms with Crippen LogP contribution in [0, 0.1) is 12.8 Å². The Kier molecular flexibility index (Phi) is 4.25. The Hall–Kier alpha value is -1.77. The molecule has 0 spiro atoms. The summed E-state index contributed by atoms with van der Waals surface area (Å²) >= 11 is 0. The maximum absolute atomic E-state index is 10.5. The summed E-state index contributed by atoms with van der Waals surface area (Å²) in [7, 11) is 0. The summed E-state index contributed by atoms with van der Waals surface area (Å²) in [6.07, 6.45) is 5.31. The minimum Gasteiger partial charge on any atom is -0.478 e. The van der Waals surface area contributed by atoms with Crippen molar-refractivity contribution in [2.75, 3.05) is 18.0 Å². The molecule has 0 aromatic heterocycles. The predicted octanol–water partition coefficient (Wildman–Crippen LogP) is 3.33. The van der Waals surface area contributed by atoms with Gasteiger partial charge in [-0.05, 0) is 55.0 Å². The van der Waals surface area contributed by atoms with Crippen molar-refractivity contribution in [3.8, 4) is 0 Å². The highest BCUT2D eigenvalue weighted by molar-refractivity contribution is 5.85. The molecule has 1 fully saturated rings. The molecule has 1 saturated heterocycles. The van der Waals surface area contributed by atoms with E-state index >= 15 is 0 Å². The quantitative estimate of drug-likeness (QED) is 0.846. The van der Waals surface area contributed by atoms with E-state index in [4.69, 9.17) is 5.11 Å². The first-order valence-electron chi connectivity index (χ1n) is 6.83. The van der Waals surface area contributed by atoms with Crippen LogP contribution in [0.25, 0.3) is 6.08 Å². The molecule has 19 heavy (non-hydrogen) atoms. The summed E-state index contributed by atoms with van der Waals surface area (Å²) < 4.78 is 0. The number of rotatable bonds is 3. The van der Waals surface area contributed by atoms with E-state index < -0.39 is 5.97 Å². The van der Waals surface area contributed by atoms with E-state index in [-0.39, 0.29) is 0 Å². The van der Waals surface area contributed by atoms with Gasteiger partial charge < -0.3 is 10.0 Å². The van der Waals surface area contributed by atoms with Crippen LogP contribution in [-0.2, 0) is 4.79 Å². The average Bonchev–Trinajstić information content (AvgIpc) is 2.38. The van der Waals surface area contributed by atoms with Gasteiger partial charge in [-0.2, -0.15) is 0 Å². The van der Waals surface area contributed by atoms with Crippen LogP contribution in [0.4, 0.5) is 5.69 Å². The highest BCUT2D eigenvalue weighted by Gasteiger charge is 2.17. The molecule has 1 aliphatic rings. The Morgan fingerprint density at radius 1 is 1.37 bits per heavy atom. The standard InChI is InChI=1S/C16H21NO2/c1-12-7-9-17(10-8-12)15-5-3-14(11-13(15)2)4-6-16(18)19/h3-6,11-12H,7-10H2,1-2H3,(H,18,19). The van der Waals surface area contributed by atoms with Crippen LogP contribution >= 0.6 is 0 Å². The third-order valence-electron chi connectivity index (χ3n) is 3.76. The zero-order valence-corrected chi connectivity index (χ0v) is 11.6. The van der Waals surface area contributed by atoms with E-state index in [1.54, 1.807) is 6.08 Å². The predicted molar refractivity (Wildman–Crippen MR) is 78.5 cm³/mol. The van der Waals surface area contributed by atoms with E-state index in [1.807, 2.05) is 12.1 Å². The lowest BCUT2D eigenvalue weighted by atomic mass is 9.98. The van der Waals surface area contributed by atoms with Gasteiger partial charge in [0.2, 0.25) is 0 Å². The molecular weight excluding hydrogens is 238 g/mol. The number of aryl methyl sites for hydroxylation is 1. The first kappa shape index (κ1) is 13.7. The summed E-state index contributed by atoms with van der Waals surface area (Å²) in [4.78, 5) is 12.9. The minimum atomic E-state index is -0.910. The van der Waals surface area contributed by atoms with Crippen LogP contribution in [0.15, 0.2) is 24.3 Å². The average molecular weight is 259 g/mol. The Labute approximate surface area is 114 Å². The molecule has 0 unspecified atom stereocenters. The molecule has 3 heteroatoms. The van der Waals surface area contributed by atoms with Gasteiger partial charge in [0.15, 0.2) is 0 Å². The molecule has 1 N–H and O–H groups in total. The lowest BCUT2D eigenvalue weighted by Gasteiger charge is -2.33. The number of carboxylic acids is 1. The van der Waals surface area contributed by atoms with Crippen LogP contribution in [0.1, 0.15) is 30.9 Å². The molecule has 1 heterocycles. The van der Waals surface area contributed by atoms with Crippen molar-refractivity contribution in [2.45, 2.75) is 26.7 Å². The molecule has 1 aliphatic heterocycles. The zero-order chi connectivity index (χ0) is 13.8. The Morgan fingerprint density at radius 3 is 2.63 bits per heavy atom. The number of hydrogen-bond acceptors (Lipinski definition) is 2. The normalized spacial score (nSPS) is 17.1. The Bertz CT molecular complexity index is 486. The Morgan fingerprint density at radius 2 is 2.05 bits per heavy atom. The number of hydrogen-bond donors (Lipinski definition) is 1. The third kappa shape index (κ3) is 3.60. The molecule has 0 radical (unpaired) electrons. The fourth-order valence-electron chi connectivity index (χ4n) is 2.55. The first-order valence-corrected chi connectivity index (χ1v) is 6.83. The molecule has 0 bridgehead atoms. The van der Waals surface area contributed by atoms with Crippen LogP contribution < -0.4 is 4.90 Å². The SMILES string of the molecule is Cc1cc(C=CC(=O)O)ccc1N1CCC(C)CC1. The van der Waals surface area contributed by atoms with E-state index in [9.17, 15) is 4.79 Å². The summed E-state index contributed by atoms with van der Waals surface area (Å²) in [5.74, 6) is -0.0823. The van der Waals surface area contributed by atoms with Crippen molar-refractivity contribution in [3.05, 3.63) is 35.4 Å². The third-order valence-corrected chi connectivity index (χ3v) is 3.76. The Balaban J connectivity index is 2.13. The van der Waals surface area contributed by atoms with Gasteiger partial charge >= 0.3 is 5.97 Å². The molecule has 0 amide bonds. The van der Waals surface area contributed by atoms with Gasteiger partial charge in [-0.25, -0.2) is 4.79 Å². The van der Waals surface area contributed by atoms with Gasteiger partial charge in [-0.1, -0.05) is 13.0 Å². The van der Waals surface area contributed by atoms with Crippen molar-refractivity contribution in [2.24, 2.45) is 5.92 Å². The van der Waals surface area contributed by atoms with Crippen molar-refractivity contribution >= 4 is 17.7 Å². The molecule has 0 aliphatic carbocycles.